The third-order valence-corrected chi connectivity index (χ3v) is 4.28. The zero-order valence-electron chi connectivity index (χ0n) is 12.2. The zero-order valence-corrected chi connectivity index (χ0v) is 13.0. The lowest BCUT2D eigenvalue weighted by Crippen LogP contribution is -1.90. The molecule has 1 aromatic heterocycles. The molecule has 3 rings (SSSR count). The second-order valence-corrected chi connectivity index (χ2v) is 6.03. The molecule has 0 radical (unpaired) electrons. The molecule has 110 valence electrons. The van der Waals surface area contributed by atoms with E-state index in [1.54, 1.807) is 23.9 Å². The summed E-state index contributed by atoms with van der Waals surface area (Å²) in [7, 11) is 0. The number of aryl methyl sites for hydroxylation is 1. The van der Waals surface area contributed by atoms with Gasteiger partial charge in [-0.25, -0.2) is 4.39 Å². The fourth-order valence-corrected chi connectivity index (χ4v) is 2.78. The molecule has 0 fully saturated rings. The molecule has 0 N–H and O–H groups in total. The highest BCUT2D eigenvalue weighted by molar-refractivity contribution is 7.98. The van der Waals surface area contributed by atoms with E-state index >= 15 is 0 Å². The third-order valence-electron chi connectivity index (χ3n) is 3.29. The van der Waals surface area contributed by atoms with Crippen LogP contribution in [0, 0.1) is 12.7 Å². The molecule has 0 aliphatic heterocycles. The van der Waals surface area contributed by atoms with Crippen LogP contribution in [0.15, 0.2) is 65.7 Å². The van der Waals surface area contributed by atoms with E-state index in [9.17, 15) is 4.39 Å². The second kappa shape index (κ2) is 6.71. The molecule has 0 atom stereocenters. The van der Waals surface area contributed by atoms with E-state index < -0.39 is 0 Å². The molecule has 0 bridgehead atoms. The van der Waals surface area contributed by atoms with E-state index in [2.05, 4.69) is 41.4 Å². The third kappa shape index (κ3) is 3.71. The van der Waals surface area contributed by atoms with Gasteiger partial charge in [0.05, 0.1) is 5.69 Å². The molecule has 1 heterocycles. The van der Waals surface area contributed by atoms with Gasteiger partial charge in [-0.3, -0.25) is 0 Å². The molecule has 0 saturated carbocycles. The first-order valence-electron chi connectivity index (χ1n) is 6.99. The Morgan fingerprint density at radius 1 is 0.864 bits per heavy atom. The highest BCUT2D eigenvalue weighted by atomic mass is 32.2. The van der Waals surface area contributed by atoms with Gasteiger partial charge in [0.15, 0.2) is 0 Å². The molecule has 4 heteroatoms. The van der Waals surface area contributed by atoms with E-state index in [-0.39, 0.29) is 5.82 Å². The topological polar surface area (TPSA) is 25.8 Å². The fraction of sp³-hybridized carbons (Fsp3) is 0.111. The number of benzene rings is 2. The van der Waals surface area contributed by atoms with Gasteiger partial charge in [0.1, 0.15) is 10.8 Å². The Morgan fingerprint density at radius 2 is 1.59 bits per heavy atom. The summed E-state index contributed by atoms with van der Waals surface area (Å²) < 4.78 is 12.9. The quantitative estimate of drug-likeness (QED) is 0.642. The molecule has 3 aromatic rings. The molecule has 2 aromatic carbocycles. The van der Waals surface area contributed by atoms with Crippen LogP contribution in [-0.2, 0) is 5.75 Å². The lowest BCUT2D eigenvalue weighted by molar-refractivity contribution is 0.628. The van der Waals surface area contributed by atoms with E-state index in [1.165, 1.54) is 23.3 Å². The smallest absolute Gasteiger partial charge is 0.123 e. The lowest BCUT2D eigenvalue weighted by atomic mass is 10.1. The summed E-state index contributed by atoms with van der Waals surface area (Å²) in [5.74, 6) is 0.618. The molecular weight excluding hydrogens is 295 g/mol. The monoisotopic (exact) mass is 310 g/mol. The minimum absolute atomic E-state index is 0.248. The van der Waals surface area contributed by atoms with Gasteiger partial charge in [-0.2, -0.15) is 0 Å². The lowest BCUT2D eigenvalue weighted by Gasteiger charge is -2.03. The summed E-state index contributed by atoms with van der Waals surface area (Å²) in [6, 6.07) is 18.6. The zero-order chi connectivity index (χ0) is 15.4. The molecular formula is C18H15FN2S. The van der Waals surface area contributed by atoms with Crippen molar-refractivity contribution in [2.75, 3.05) is 0 Å². The van der Waals surface area contributed by atoms with Gasteiger partial charge in [-0.05, 0) is 48.9 Å². The summed E-state index contributed by atoms with van der Waals surface area (Å²) >= 11 is 1.65. The van der Waals surface area contributed by atoms with Gasteiger partial charge < -0.3 is 0 Å². The van der Waals surface area contributed by atoms with Crippen molar-refractivity contribution in [3.63, 3.8) is 0 Å². The predicted octanol–water partition coefficient (Wildman–Crippen LogP) is 4.88. The summed E-state index contributed by atoms with van der Waals surface area (Å²) in [5.41, 5.74) is 4.14. The second-order valence-electron chi connectivity index (χ2n) is 5.04. The first-order chi connectivity index (χ1) is 10.7. The Hall–Kier alpha value is -2.20. The van der Waals surface area contributed by atoms with Crippen LogP contribution in [0.5, 0.6) is 0 Å². The summed E-state index contributed by atoms with van der Waals surface area (Å²) in [6.07, 6.45) is 0. The summed E-state index contributed by atoms with van der Waals surface area (Å²) in [5, 5.41) is 9.32. The molecule has 0 amide bonds. The number of halogens is 1. The number of rotatable bonds is 4. The van der Waals surface area contributed by atoms with Gasteiger partial charge in [-0.15, -0.1) is 10.2 Å². The van der Waals surface area contributed by atoms with Crippen molar-refractivity contribution in [2.24, 2.45) is 0 Å². The van der Waals surface area contributed by atoms with Crippen molar-refractivity contribution in [3.8, 4) is 11.3 Å². The predicted molar refractivity (Wildman–Crippen MR) is 88.2 cm³/mol. The van der Waals surface area contributed by atoms with Crippen LogP contribution in [0.1, 0.15) is 11.1 Å². The highest BCUT2D eigenvalue weighted by Crippen LogP contribution is 2.23. The SMILES string of the molecule is Cc1ccc(CSc2ccc(-c3ccc(F)cc3)nn2)cc1. The average Bonchev–Trinajstić information content (AvgIpc) is 2.56. The average molecular weight is 310 g/mol. The van der Waals surface area contributed by atoms with Gasteiger partial charge in [0.25, 0.3) is 0 Å². The maximum atomic E-state index is 12.9. The van der Waals surface area contributed by atoms with E-state index in [0.717, 1.165) is 22.0 Å². The molecule has 0 saturated heterocycles. The van der Waals surface area contributed by atoms with E-state index in [0.29, 0.717) is 0 Å². The molecule has 0 spiro atoms. The Kier molecular flexibility index (Phi) is 4.49. The van der Waals surface area contributed by atoms with Crippen LogP contribution in [0.3, 0.4) is 0 Å². The molecule has 0 aliphatic carbocycles. The van der Waals surface area contributed by atoms with Gasteiger partial charge in [0, 0.05) is 11.3 Å². The van der Waals surface area contributed by atoms with Gasteiger partial charge >= 0.3 is 0 Å². The Balaban J connectivity index is 1.66. The van der Waals surface area contributed by atoms with Crippen molar-refractivity contribution in [1.29, 1.82) is 0 Å². The number of thioether (sulfide) groups is 1. The molecule has 0 unspecified atom stereocenters. The highest BCUT2D eigenvalue weighted by Gasteiger charge is 2.03. The summed E-state index contributed by atoms with van der Waals surface area (Å²) in [6.45, 7) is 2.08. The number of aromatic nitrogens is 2. The van der Waals surface area contributed by atoms with Crippen LogP contribution >= 0.6 is 11.8 Å². The largest absolute Gasteiger partial charge is 0.207 e. The van der Waals surface area contributed by atoms with Crippen LogP contribution in [0.4, 0.5) is 4.39 Å². The normalized spacial score (nSPS) is 10.6. The summed E-state index contributed by atoms with van der Waals surface area (Å²) in [4.78, 5) is 0. The van der Waals surface area contributed by atoms with Gasteiger partial charge in [-0.1, -0.05) is 41.6 Å². The van der Waals surface area contributed by atoms with Crippen molar-refractivity contribution < 1.29 is 4.39 Å². The number of hydrogen-bond donors (Lipinski definition) is 0. The molecule has 22 heavy (non-hydrogen) atoms. The maximum absolute atomic E-state index is 12.9. The van der Waals surface area contributed by atoms with Crippen molar-refractivity contribution in [3.05, 3.63) is 77.6 Å². The van der Waals surface area contributed by atoms with Crippen molar-refractivity contribution >= 4 is 11.8 Å². The number of nitrogens with zero attached hydrogens (tertiary/aromatic N) is 2. The van der Waals surface area contributed by atoms with E-state index in [4.69, 9.17) is 0 Å². The Bertz CT molecular complexity index is 738. The Morgan fingerprint density at radius 3 is 2.23 bits per heavy atom. The molecule has 2 nitrogen and oxygen atoms in total. The first kappa shape index (κ1) is 14.7. The van der Waals surface area contributed by atoms with E-state index in [1.807, 2.05) is 12.1 Å². The first-order valence-corrected chi connectivity index (χ1v) is 7.97. The number of hydrogen-bond acceptors (Lipinski definition) is 3. The standard InChI is InChI=1S/C18H15FN2S/c1-13-2-4-14(5-3-13)12-22-18-11-10-17(20-21-18)15-6-8-16(19)9-7-15/h2-11H,12H2,1H3. The van der Waals surface area contributed by atoms with Crippen LogP contribution in [-0.4, -0.2) is 10.2 Å². The van der Waals surface area contributed by atoms with Crippen LogP contribution < -0.4 is 0 Å². The fourth-order valence-electron chi connectivity index (χ4n) is 2.01. The van der Waals surface area contributed by atoms with Crippen molar-refractivity contribution in [1.82, 2.24) is 10.2 Å². The van der Waals surface area contributed by atoms with Crippen LogP contribution in [0.25, 0.3) is 11.3 Å². The maximum Gasteiger partial charge on any atom is 0.123 e. The minimum Gasteiger partial charge on any atom is -0.207 e. The molecule has 0 aliphatic rings. The van der Waals surface area contributed by atoms with Crippen molar-refractivity contribution in [2.45, 2.75) is 17.7 Å². The van der Waals surface area contributed by atoms with Crippen LogP contribution in [0.2, 0.25) is 0 Å². The minimum atomic E-state index is -0.248. The Labute approximate surface area is 133 Å². The van der Waals surface area contributed by atoms with Gasteiger partial charge in [0.2, 0.25) is 0 Å².